The van der Waals surface area contributed by atoms with E-state index in [-0.39, 0.29) is 5.69 Å². The van der Waals surface area contributed by atoms with Crippen molar-refractivity contribution in [3.63, 3.8) is 0 Å². The van der Waals surface area contributed by atoms with Gasteiger partial charge in [-0.3, -0.25) is 4.98 Å². The van der Waals surface area contributed by atoms with E-state index in [9.17, 15) is 18.0 Å². The van der Waals surface area contributed by atoms with Crippen molar-refractivity contribution in [1.29, 1.82) is 0 Å². The van der Waals surface area contributed by atoms with Crippen LogP contribution in [0, 0.1) is 0 Å². The maximum atomic E-state index is 12.8. The summed E-state index contributed by atoms with van der Waals surface area (Å²) in [5, 5.41) is 9.03. The standard InChI is InChI=1S/C13H8F3NO2/c14-13(15,16)9-6-7-17-11(10(9)12(18)19)8-4-2-1-3-5-8/h1-7H,(H,18,19). The first-order valence-corrected chi connectivity index (χ1v) is 5.26. The molecule has 2 aromatic rings. The van der Waals surface area contributed by atoms with Gasteiger partial charge in [0.05, 0.1) is 16.8 Å². The van der Waals surface area contributed by atoms with Crippen molar-refractivity contribution in [3.8, 4) is 11.3 Å². The molecule has 0 aliphatic heterocycles. The molecule has 0 unspecified atom stereocenters. The van der Waals surface area contributed by atoms with E-state index in [1.807, 2.05) is 0 Å². The highest BCUT2D eigenvalue weighted by molar-refractivity contribution is 5.96. The number of aromatic carboxylic acids is 1. The normalized spacial score (nSPS) is 11.3. The topological polar surface area (TPSA) is 50.2 Å². The molecule has 0 saturated carbocycles. The Morgan fingerprint density at radius 3 is 2.26 bits per heavy atom. The minimum atomic E-state index is -4.74. The van der Waals surface area contributed by atoms with E-state index >= 15 is 0 Å². The van der Waals surface area contributed by atoms with E-state index in [1.54, 1.807) is 18.2 Å². The van der Waals surface area contributed by atoms with E-state index in [4.69, 9.17) is 5.11 Å². The number of benzene rings is 1. The van der Waals surface area contributed by atoms with Crippen LogP contribution in [0.15, 0.2) is 42.6 Å². The molecule has 0 spiro atoms. The number of hydrogen-bond donors (Lipinski definition) is 1. The fourth-order valence-electron chi connectivity index (χ4n) is 1.73. The van der Waals surface area contributed by atoms with Crippen LogP contribution in [0.3, 0.4) is 0 Å². The third-order valence-corrected chi connectivity index (χ3v) is 2.52. The van der Waals surface area contributed by atoms with Gasteiger partial charge in [0.2, 0.25) is 0 Å². The summed E-state index contributed by atoms with van der Waals surface area (Å²) in [5.41, 5.74) is -1.90. The molecule has 0 radical (unpaired) electrons. The van der Waals surface area contributed by atoms with Crippen LogP contribution >= 0.6 is 0 Å². The predicted octanol–water partition coefficient (Wildman–Crippen LogP) is 3.47. The second-order valence-electron chi connectivity index (χ2n) is 3.75. The predicted molar refractivity (Wildman–Crippen MR) is 61.6 cm³/mol. The Kier molecular flexibility index (Phi) is 3.25. The van der Waals surface area contributed by atoms with Gasteiger partial charge in [0.1, 0.15) is 0 Å². The van der Waals surface area contributed by atoms with Crippen molar-refractivity contribution in [1.82, 2.24) is 4.98 Å². The van der Waals surface area contributed by atoms with Crippen molar-refractivity contribution < 1.29 is 23.1 Å². The van der Waals surface area contributed by atoms with E-state index in [0.717, 1.165) is 6.20 Å². The second kappa shape index (κ2) is 4.72. The maximum absolute atomic E-state index is 12.8. The Morgan fingerprint density at radius 1 is 1.11 bits per heavy atom. The summed E-state index contributed by atoms with van der Waals surface area (Å²) in [5.74, 6) is -1.65. The van der Waals surface area contributed by atoms with Gasteiger partial charge in [-0.25, -0.2) is 4.79 Å². The lowest BCUT2D eigenvalue weighted by molar-refractivity contribution is -0.138. The van der Waals surface area contributed by atoms with Gasteiger partial charge in [0, 0.05) is 11.8 Å². The van der Waals surface area contributed by atoms with Gasteiger partial charge in [-0.2, -0.15) is 13.2 Å². The third kappa shape index (κ3) is 2.57. The SMILES string of the molecule is O=C(O)c1c(C(F)(F)F)ccnc1-c1ccccc1. The number of hydrogen-bond acceptors (Lipinski definition) is 2. The molecular weight excluding hydrogens is 259 g/mol. The van der Waals surface area contributed by atoms with Crippen molar-refractivity contribution in [2.45, 2.75) is 6.18 Å². The molecule has 98 valence electrons. The number of carboxylic acids is 1. The first-order chi connectivity index (χ1) is 8.91. The van der Waals surface area contributed by atoms with Gasteiger partial charge < -0.3 is 5.11 Å². The highest BCUT2D eigenvalue weighted by Crippen LogP contribution is 2.35. The molecule has 1 aromatic heterocycles. The zero-order valence-corrected chi connectivity index (χ0v) is 9.48. The average Bonchev–Trinajstić information content (AvgIpc) is 2.37. The molecule has 0 amide bonds. The van der Waals surface area contributed by atoms with E-state index in [1.165, 1.54) is 12.1 Å². The molecule has 19 heavy (non-hydrogen) atoms. The molecule has 6 heteroatoms. The molecular formula is C13H8F3NO2. The molecule has 0 bridgehead atoms. The fraction of sp³-hybridized carbons (Fsp3) is 0.0769. The van der Waals surface area contributed by atoms with E-state index < -0.39 is 23.3 Å². The summed E-state index contributed by atoms with van der Waals surface area (Å²) < 4.78 is 38.4. The zero-order valence-electron chi connectivity index (χ0n) is 9.48. The van der Waals surface area contributed by atoms with Crippen LogP contribution in [0.25, 0.3) is 11.3 Å². The summed E-state index contributed by atoms with van der Waals surface area (Å²) in [4.78, 5) is 14.9. The largest absolute Gasteiger partial charge is 0.478 e. The number of carboxylic acid groups (broad SMARTS) is 1. The molecule has 2 rings (SSSR count). The summed E-state index contributed by atoms with van der Waals surface area (Å²) >= 11 is 0. The average molecular weight is 267 g/mol. The smallest absolute Gasteiger partial charge is 0.417 e. The number of pyridine rings is 1. The highest BCUT2D eigenvalue weighted by atomic mass is 19.4. The lowest BCUT2D eigenvalue weighted by atomic mass is 10.0. The van der Waals surface area contributed by atoms with Crippen LogP contribution in [0.2, 0.25) is 0 Å². The molecule has 0 atom stereocenters. The highest BCUT2D eigenvalue weighted by Gasteiger charge is 2.37. The number of nitrogens with zero attached hydrogens (tertiary/aromatic N) is 1. The van der Waals surface area contributed by atoms with Crippen molar-refractivity contribution in [2.24, 2.45) is 0 Å². The van der Waals surface area contributed by atoms with Crippen molar-refractivity contribution in [3.05, 3.63) is 53.7 Å². The lowest BCUT2D eigenvalue weighted by Gasteiger charge is -2.13. The van der Waals surface area contributed by atoms with Gasteiger partial charge in [-0.15, -0.1) is 0 Å². The molecule has 0 aliphatic rings. The molecule has 0 saturated heterocycles. The number of rotatable bonds is 2. The summed E-state index contributed by atoms with van der Waals surface area (Å²) in [6.45, 7) is 0. The Bertz CT molecular complexity index is 609. The van der Waals surface area contributed by atoms with Gasteiger partial charge in [0.15, 0.2) is 0 Å². The second-order valence-corrected chi connectivity index (χ2v) is 3.75. The molecule has 1 N–H and O–H groups in total. The van der Waals surface area contributed by atoms with Gasteiger partial charge in [-0.1, -0.05) is 30.3 Å². The van der Waals surface area contributed by atoms with Crippen molar-refractivity contribution >= 4 is 5.97 Å². The molecule has 0 aliphatic carbocycles. The van der Waals surface area contributed by atoms with Gasteiger partial charge in [-0.05, 0) is 6.07 Å². The first kappa shape index (κ1) is 13.1. The fourth-order valence-corrected chi connectivity index (χ4v) is 1.73. The van der Waals surface area contributed by atoms with Crippen LogP contribution < -0.4 is 0 Å². The number of halogens is 3. The minimum Gasteiger partial charge on any atom is -0.478 e. The molecule has 1 heterocycles. The third-order valence-electron chi connectivity index (χ3n) is 2.52. The van der Waals surface area contributed by atoms with Crippen LogP contribution in [-0.2, 0) is 6.18 Å². The quantitative estimate of drug-likeness (QED) is 0.906. The number of alkyl halides is 3. The first-order valence-electron chi connectivity index (χ1n) is 5.26. The Hall–Kier alpha value is -2.37. The maximum Gasteiger partial charge on any atom is 0.417 e. The summed E-state index contributed by atoms with van der Waals surface area (Å²) in [6, 6.07) is 8.56. The monoisotopic (exact) mass is 267 g/mol. The number of carbonyl (C=O) groups is 1. The van der Waals surface area contributed by atoms with E-state index in [2.05, 4.69) is 4.98 Å². The van der Waals surface area contributed by atoms with Crippen LogP contribution in [-0.4, -0.2) is 16.1 Å². The molecule has 3 nitrogen and oxygen atoms in total. The van der Waals surface area contributed by atoms with Crippen molar-refractivity contribution in [2.75, 3.05) is 0 Å². The minimum absolute atomic E-state index is 0.192. The van der Waals surface area contributed by atoms with E-state index in [0.29, 0.717) is 11.6 Å². The van der Waals surface area contributed by atoms with Gasteiger partial charge in [0.25, 0.3) is 0 Å². The lowest BCUT2D eigenvalue weighted by Crippen LogP contribution is -2.15. The Balaban J connectivity index is 2.73. The Morgan fingerprint density at radius 2 is 1.74 bits per heavy atom. The van der Waals surface area contributed by atoms with Crippen LogP contribution in [0.4, 0.5) is 13.2 Å². The van der Waals surface area contributed by atoms with Gasteiger partial charge >= 0.3 is 12.1 Å². The van der Waals surface area contributed by atoms with Crippen LogP contribution in [0.5, 0.6) is 0 Å². The van der Waals surface area contributed by atoms with Crippen LogP contribution in [0.1, 0.15) is 15.9 Å². The zero-order chi connectivity index (χ0) is 14.0. The Labute approximate surface area is 106 Å². The summed E-state index contributed by atoms with van der Waals surface area (Å²) in [6.07, 6.45) is -3.78. The number of aromatic nitrogens is 1. The molecule has 0 fully saturated rings. The molecule has 1 aromatic carbocycles. The summed E-state index contributed by atoms with van der Waals surface area (Å²) in [7, 11) is 0.